The fourth-order valence-corrected chi connectivity index (χ4v) is 2.04. The first kappa shape index (κ1) is 12.5. The average molecular weight is 291 g/mol. The Morgan fingerprint density at radius 1 is 1.33 bits per heavy atom. The maximum Gasteiger partial charge on any atom is 0.161 e. The molecule has 0 fully saturated rings. The third-order valence-corrected chi connectivity index (χ3v) is 2.91. The van der Waals surface area contributed by atoms with Crippen molar-refractivity contribution >= 4 is 39.6 Å². The highest BCUT2D eigenvalue weighted by molar-refractivity contribution is 8.93. The Bertz CT molecular complexity index is 357. The van der Waals surface area contributed by atoms with E-state index in [9.17, 15) is 4.39 Å². The van der Waals surface area contributed by atoms with Gasteiger partial charge in [0.15, 0.2) is 5.17 Å². The van der Waals surface area contributed by atoms with Crippen LogP contribution in [-0.2, 0) is 0 Å². The van der Waals surface area contributed by atoms with E-state index in [2.05, 4.69) is 10.3 Å². The van der Waals surface area contributed by atoms with Crippen LogP contribution in [0.4, 0.5) is 10.1 Å². The van der Waals surface area contributed by atoms with Gasteiger partial charge in [-0.2, -0.15) is 0 Å². The maximum atomic E-state index is 13.2. The smallest absolute Gasteiger partial charge is 0.161 e. The fourth-order valence-electron chi connectivity index (χ4n) is 1.21. The normalized spacial score (nSPS) is 15.1. The Balaban J connectivity index is 0.00000112. The molecule has 0 amide bonds. The van der Waals surface area contributed by atoms with E-state index in [1.807, 2.05) is 0 Å². The Morgan fingerprint density at radius 3 is 2.80 bits per heavy atom. The molecule has 1 aliphatic heterocycles. The molecule has 0 saturated carbocycles. The van der Waals surface area contributed by atoms with Gasteiger partial charge >= 0.3 is 0 Å². The molecule has 0 unspecified atom stereocenters. The highest BCUT2D eigenvalue weighted by atomic mass is 79.9. The van der Waals surface area contributed by atoms with Crippen LogP contribution in [0.15, 0.2) is 29.3 Å². The number of amidine groups is 1. The second-order valence-electron chi connectivity index (χ2n) is 2.99. The molecule has 1 aromatic carbocycles. The van der Waals surface area contributed by atoms with Crippen LogP contribution in [-0.4, -0.2) is 17.5 Å². The van der Waals surface area contributed by atoms with Gasteiger partial charge in [-0.25, -0.2) is 4.39 Å². The van der Waals surface area contributed by atoms with Gasteiger partial charge in [-0.05, 0) is 18.6 Å². The minimum Gasteiger partial charge on any atom is -0.333 e. The van der Waals surface area contributed by atoms with Crippen molar-refractivity contribution in [1.82, 2.24) is 0 Å². The maximum absolute atomic E-state index is 13.2. The first-order valence-electron chi connectivity index (χ1n) is 4.55. The molecule has 2 nitrogen and oxygen atoms in total. The van der Waals surface area contributed by atoms with Crippen LogP contribution in [0.2, 0.25) is 0 Å². The van der Waals surface area contributed by atoms with Crippen molar-refractivity contribution in [3.8, 4) is 0 Å². The van der Waals surface area contributed by atoms with Crippen LogP contribution in [0.1, 0.15) is 6.42 Å². The number of anilines is 1. The number of nitrogens with one attached hydrogen (secondary N) is 1. The lowest BCUT2D eigenvalue weighted by Gasteiger charge is -2.13. The van der Waals surface area contributed by atoms with Crippen molar-refractivity contribution in [2.45, 2.75) is 6.42 Å². The summed E-state index contributed by atoms with van der Waals surface area (Å²) in [4.78, 5) is 4.27. The number of hydrogen-bond donors (Lipinski definition) is 1. The summed E-state index contributed by atoms with van der Waals surface area (Å²) >= 11 is 1.64. The van der Waals surface area contributed by atoms with E-state index in [1.54, 1.807) is 30.0 Å². The van der Waals surface area contributed by atoms with E-state index in [1.165, 1.54) is 6.07 Å². The predicted octanol–water partition coefficient (Wildman–Crippen LogP) is 3.31. The number of nitrogens with zero attached hydrogens (tertiary/aromatic N) is 1. The van der Waals surface area contributed by atoms with Crippen LogP contribution in [0.25, 0.3) is 0 Å². The number of benzene rings is 1. The van der Waals surface area contributed by atoms with Gasteiger partial charge in [0, 0.05) is 12.3 Å². The lowest BCUT2D eigenvalue weighted by Crippen LogP contribution is -2.14. The first-order chi connectivity index (χ1) is 6.86. The minimum atomic E-state index is -0.235. The summed E-state index contributed by atoms with van der Waals surface area (Å²) in [6.45, 7) is 0.837. The van der Waals surface area contributed by atoms with Crippen molar-refractivity contribution in [3.05, 3.63) is 30.1 Å². The molecular formula is C10H12BrFN2S. The quantitative estimate of drug-likeness (QED) is 0.858. The molecule has 0 saturated heterocycles. The van der Waals surface area contributed by atoms with Crippen molar-refractivity contribution in [2.24, 2.45) is 4.99 Å². The van der Waals surface area contributed by atoms with Crippen LogP contribution >= 0.6 is 28.7 Å². The van der Waals surface area contributed by atoms with E-state index in [-0.39, 0.29) is 22.8 Å². The third-order valence-electron chi connectivity index (χ3n) is 1.91. The molecule has 82 valence electrons. The molecule has 0 aromatic heterocycles. The van der Waals surface area contributed by atoms with Gasteiger partial charge in [0.1, 0.15) is 5.82 Å². The van der Waals surface area contributed by atoms with Gasteiger partial charge in [0.25, 0.3) is 0 Å². The van der Waals surface area contributed by atoms with Crippen molar-refractivity contribution in [3.63, 3.8) is 0 Å². The van der Waals surface area contributed by atoms with Crippen LogP contribution in [0, 0.1) is 5.82 Å². The van der Waals surface area contributed by atoms with Gasteiger partial charge in [-0.15, -0.1) is 17.0 Å². The molecule has 1 aliphatic rings. The van der Waals surface area contributed by atoms with Crippen molar-refractivity contribution in [1.29, 1.82) is 0 Å². The van der Waals surface area contributed by atoms with Gasteiger partial charge in [0.2, 0.25) is 0 Å². The van der Waals surface area contributed by atoms with E-state index < -0.39 is 0 Å². The molecule has 0 atom stereocenters. The highest BCUT2D eigenvalue weighted by Gasteiger charge is 2.07. The van der Waals surface area contributed by atoms with Crippen molar-refractivity contribution < 1.29 is 4.39 Å². The number of thioether (sulfide) groups is 1. The topological polar surface area (TPSA) is 24.4 Å². The molecular weight excluding hydrogens is 279 g/mol. The fraction of sp³-hybridized carbons (Fsp3) is 0.300. The summed E-state index contributed by atoms with van der Waals surface area (Å²) in [7, 11) is 0. The van der Waals surface area contributed by atoms with Crippen LogP contribution in [0.5, 0.6) is 0 Å². The average Bonchev–Trinajstić information content (AvgIpc) is 2.23. The summed E-state index contributed by atoms with van der Waals surface area (Å²) < 4.78 is 13.2. The van der Waals surface area contributed by atoms with Crippen LogP contribution in [0.3, 0.4) is 0 Å². The van der Waals surface area contributed by atoms with Crippen molar-refractivity contribution in [2.75, 3.05) is 17.6 Å². The van der Waals surface area contributed by atoms with Crippen LogP contribution < -0.4 is 5.32 Å². The monoisotopic (exact) mass is 290 g/mol. The zero-order valence-electron chi connectivity index (χ0n) is 8.07. The number of aliphatic imine (C=N–C) groups is 1. The number of hydrogen-bond acceptors (Lipinski definition) is 3. The molecule has 2 rings (SSSR count). The predicted molar refractivity (Wildman–Crippen MR) is 69.7 cm³/mol. The number of rotatable bonds is 1. The molecule has 0 radical (unpaired) electrons. The Hall–Kier alpha value is -0.550. The Labute approximate surface area is 103 Å². The first-order valence-corrected chi connectivity index (χ1v) is 5.53. The lowest BCUT2D eigenvalue weighted by molar-refractivity contribution is 0.632. The van der Waals surface area contributed by atoms with Gasteiger partial charge in [0.05, 0.1) is 5.69 Å². The standard InChI is InChI=1S/C10H11FN2S.BrH/c11-8-4-1-2-5-9(8)13-10-12-6-3-7-14-10;/h1-2,4-5H,3,6-7H2,(H,12,13);1H. The summed E-state index contributed by atoms with van der Waals surface area (Å²) in [5.74, 6) is 0.821. The molecule has 0 aliphatic carbocycles. The molecule has 1 heterocycles. The Morgan fingerprint density at radius 2 is 2.13 bits per heavy atom. The number of para-hydroxylation sites is 1. The summed E-state index contributed by atoms with van der Waals surface area (Å²) in [6, 6.07) is 6.64. The van der Waals surface area contributed by atoms with Gasteiger partial charge in [-0.3, -0.25) is 4.99 Å². The van der Waals surface area contributed by atoms with Gasteiger partial charge in [-0.1, -0.05) is 23.9 Å². The van der Waals surface area contributed by atoms with E-state index in [4.69, 9.17) is 0 Å². The highest BCUT2D eigenvalue weighted by Crippen LogP contribution is 2.18. The third kappa shape index (κ3) is 3.50. The molecule has 5 heteroatoms. The van der Waals surface area contributed by atoms with E-state index in [0.717, 1.165) is 23.9 Å². The van der Waals surface area contributed by atoms with E-state index >= 15 is 0 Å². The largest absolute Gasteiger partial charge is 0.333 e. The molecule has 15 heavy (non-hydrogen) atoms. The number of halogens is 2. The summed E-state index contributed by atoms with van der Waals surface area (Å²) in [5.41, 5.74) is 0.501. The van der Waals surface area contributed by atoms with Gasteiger partial charge < -0.3 is 5.32 Å². The molecule has 0 spiro atoms. The molecule has 1 N–H and O–H groups in total. The second kappa shape index (κ2) is 6.12. The zero-order valence-corrected chi connectivity index (χ0v) is 10.6. The second-order valence-corrected chi connectivity index (χ2v) is 4.08. The SMILES string of the molecule is Br.Fc1ccccc1NC1=NCCCS1. The summed E-state index contributed by atoms with van der Waals surface area (Å²) in [5, 5.41) is 3.81. The Kier molecular flexibility index (Phi) is 5.11. The minimum absolute atomic E-state index is 0. The lowest BCUT2D eigenvalue weighted by atomic mass is 10.3. The van der Waals surface area contributed by atoms with E-state index in [0.29, 0.717) is 5.69 Å². The summed E-state index contributed by atoms with van der Waals surface area (Å²) in [6.07, 6.45) is 1.10. The molecule has 0 bridgehead atoms. The zero-order chi connectivity index (χ0) is 9.80. The molecule has 1 aromatic rings.